The van der Waals surface area contributed by atoms with E-state index in [1.54, 1.807) is 13.8 Å². The van der Waals surface area contributed by atoms with Crippen molar-refractivity contribution in [2.45, 2.75) is 32.2 Å². The molecule has 0 radical (unpaired) electrons. The fourth-order valence-electron chi connectivity index (χ4n) is 3.66. The number of hydrogen-bond acceptors (Lipinski definition) is 4. The van der Waals surface area contributed by atoms with Crippen LogP contribution in [-0.2, 0) is 21.4 Å². The molecule has 0 bridgehead atoms. The number of sulfonamides is 1. The number of carbonyl (C=O) groups excluding carboxylic acids is 1. The maximum absolute atomic E-state index is 13.7. The SMILES string of the molecule is Cc1cc(C)c(S(=O)(=O)N(CC(=O)N/N=C\c2ccccc2Br)Cc2ccccc2)c(C)c1. The standard InChI is InChI=1S/C25H26BrN3O3S/c1-18-13-19(2)25(20(3)14-18)33(31,32)29(16-21-9-5-4-6-10-21)17-24(30)28-27-15-22-11-7-8-12-23(22)26/h4-15H,16-17H2,1-3H3,(H,28,30)/b27-15-. The molecule has 0 spiro atoms. The van der Waals surface area contributed by atoms with Crippen LogP contribution in [0.2, 0.25) is 0 Å². The number of amides is 1. The minimum Gasteiger partial charge on any atom is -0.272 e. The summed E-state index contributed by atoms with van der Waals surface area (Å²) in [6.45, 7) is 5.18. The molecular formula is C25H26BrN3O3S. The monoisotopic (exact) mass is 527 g/mol. The highest BCUT2D eigenvalue weighted by Crippen LogP contribution is 2.26. The molecular weight excluding hydrogens is 502 g/mol. The van der Waals surface area contributed by atoms with Gasteiger partial charge in [0.15, 0.2) is 0 Å². The van der Waals surface area contributed by atoms with E-state index >= 15 is 0 Å². The molecule has 1 amide bonds. The summed E-state index contributed by atoms with van der Waals surface area (Å²) in [6, 6.07) is 20.3. The highest BCUT2D eigenvalue weighted by molar-refractivity contribution is 9.10. The zero-order chi connectivity index (χ0) is 24.0. The van der Waals surface area contributed by atoms with Crippen molar-refractivity contribution in [1.82, 2.24) is 9.73 Å². The van der Waals surface area contributed by atoms with Crippen molar-refractivity contribution >= 4 is 38.1 Å². The van der Waals surface area contributed by atoms with Crippen LogP contribution in [-0.4, -0.2) is 31.4 Å². The van der Waals surface area contributed by atoms with E-state index in [4.69, 9.17) is 0 Å². The molecule has 0 fully saturated rings. The van der Waals surface area contributed by atoms with E-state index < -0.39 is 15.9 Å². The summed E-state index contributed by atoms with van der Waals surface area (Å²) < 4.78 is 29.4. The van der Waals surface area contributed by atoms with Gasteiger partial charge in [-0.15, -0.1) is 0 Å². The molecule has 0 saturated heterocycles. The van der Waals surface area contributed by atoms with Crippen molar-refractivity contribution in [2.75, 3.05) is 6.54 Å². The second-order valence-electron chi connectivity index (χ2n) is 7.80. The van der Waals surface area contributed by atoms with Crippen molar-refractivity contribution in [1.29, 1.82) is 0 Å². The van der Waals surface area contributed by atoms with Crippen LogP contribution >= 0.6 is 15.9 Å². The third-order valence-electron chi connectivity index (χ3n) is 5.02. The van der Waals surface area contributed by atoms with E-state index in [-0.39, 0.29) is 18.0 Å². The first-order valence-corrected chi connectivity index (χ1v) is 12.6. The molecule has 6 nitrogen and oxygen atoms in total. The Morgan fingerprint density at radius 1 is 1.00 bits per heavy atom. The lowest BCUT2D eigenvalue weighted by Gasteiger charge is -2.24. The normalized spacial score (nSPS) is 11.8. The van der Waals surface area contributed by atoms with Crippen LogP contribution < -0.4 is 5.43 Å². The molecule has 3 aromatic rings. The van der Waals surface area contributed by atoms with Crippen LogP contribution in [0.3, 0.4) is 0 Å². The number of hydrogen-bond donors (Lipinski definition) is 1. The summed E-state index contributed by atoms with van der Waals surface area (Å²) in [5.74, 6) is -0.528. The topological polar surface area (TPSA) is 78.8 Å². The third-order valence-corrected chi connectivity index (χ3v) is 7.84. The van der Waals surface area contributed by atoms with E-state index in [0.29, 0.717) is 11.1 Å². The fraction of sp³-hybridized carbons (Fsp3) is 0.200. The van der Waals surface area contributed by atoms with Crippen molar-refractivity contribution in [3.8, 4) is 0 Å². The maximum atomic E-state index is 13.7. The third kappa shape index (κ3) is 6.37. The molecule has 0 aliphatic rings. The molecule has 172 valence electrons. The molecule has 0 saturated carbocycles. The van der Waals surface area contributed by atoms with E-state index in [1.165, 1.54) is 10.5 Å². The molecule has 1 N–H and O–H groups in total. The van der Waals surface area contributed by atoms with Gasteiger partial charge in [-0.1, -0.05) is 82.2 Å². The zero-order valence-electron chi connectivity index (χ0n) is 18.7. The average molecular weight is 528 g/mol. The van der Waals surface area contributed by atoms with Gasteiger partial charge in [-0.2, -0.15) is 9.41 Å². The van der Waals surface area contributed by atoms with Crippen LogP contribution in [0.25, 0.3) is 0 Å². The molecule has 0 atom stereocenters. The number of hydrazone groups is 1. The average Bonchev–Trinajstić information content (AvgIpc) is 2.74. The van der Waals surface area contributed by atoms with E-state index in [9.17, 15) is 13.2 Å². The van der Waals surface area contributed by atoms with Crippen molar-refractivity contribution in [3.05, 3.63) is 99.0 Å². The Hall–Kier alpha value is -2.81. The molecule has 0 heterocycles. The smallest absolute Gasteiger partial charge is 0.255 e. The van der Waals surface area contributed by atoms with Gasteiger partial charge in [-0.25, -0.2) is 13.8 Å². The van der Waals surface area contributed by atoms with Gasteiger partial charge in [0.2, 0.25) is 10.0 Å². The number of aryl methyl sites for hydroxylation is 3. The van der Waals surface area contributed by atoms with Crippen molar-refractivity contribution in [2.24, 2.45) is 5.10 Å². The largest absolute Gasteiger partial charge is 0.272 e. The first-order valence-electron chi connectivity index (χ1n) is 10.4. The highest BCUT2D eigenvalue weighted by Gasteiger charge is 2.29. The maximum Gasteiger partial charge on any atom is 0.255 e. The van der Waals surface area contributed by atoms with E-state index in [1.807, 2.05) is 73.7 Å². The number of halogens is 1. The molecule has 0 aliphatic carbocycles. The second kappa shape index (κ2) is 10.9. The van der Waals surface area contributed by atoms with Gasteiger partial charge >= 0.3 is 0 Å². The molecule has 3 rings (SSSR count). The molecule has 8 heteroatoms. The van der Waals surface area contributed by atoms with E-state index in [2.05, 4.69) is 26.5 Å². The molecule has 33 heavy (non-hydrogen) atoms. The van der Waals surface area contributed by atoms with Crippen LogP contribution in [0, 0.1) is 20.8 Å². The Balaban J connectivity index is 1.87. The van der Waals surface area contributed by atoms with Crippen molar-refractivity contribution < 1.29 is 13.2 Å². The molecule has 0 aliphatic heterocycles. The van der Waals surface area contributed by atoms with Crippen LogP contribution in [0.1, 0.15) is 27.8 Å². The zero-order valence-corrected chi connectivity index (χ0v) is 21.2. The lowest BCUT2D eigenvalue weighted by Crippen LogP contribution is -2.39. The Kier molecular flexibility index (Phi) is 8.18. The van der Waals surface area contributed by atoms with Gasteiger partial charge in [0, 0.05) is 16.6 Å². The minimum absolute atomic E-state index is 0.0668. The number of nitrogens with one attached hydrogen (secondary N) is 1. The van der Waals surface area contributed by atoms with Gasteiger partial charge in [0.05, 0.1) is 17.7 Å². The summed E-state index contributed by atoms with van der Waals surface area (Å²) in [6.07, 6.45) is 1.51. The summed E-state index contributed by atoms with van der Waals surface area (Å²) >= 11 is 3.42. The Labute approximate surface area is 203 Å². The van der Waals surface area contributed by atoms with E-state index in [0.717, 1.165) is 21.2 Å². The number of rotatable bonds is 8. The Morgan fingerprint density at radius 3 is 2.24 bits per heavy atom. The second-order valence-corrected chi connectivity index (χ2v) is 10.5. The van der Waals surface area contributed by atoms with Gasteiger partial charge in [0.25, 0.3) is 5.91 Å². The fourth-order valence-corrected chi connectivity index (χ4v) is 5.85. The lowest BCUT2D eigenvalue weighted by molar-refractivity contribution is -0.121. The van der Waals surface area contributed by atoms with Gasteiger partial charge in [-0.3, -0.25) is 4.79 Å². The van der Waals surface area contributed by atoms with Crippen LogP contribution in [0.15, 0.2) is 81.2 Å². The number of nitrogens with zero attached hydrogens (tertiary/aromatic N) is 2. The summed E-state index contributed by atoms with van der Waals surface area (Å²) in [5.41, 5.74) is 6.30. The van der Waals surface area contributed by atoms with Gasteiger partial charge < -0.3 is 0 Å². The Morgan fingerprint density at radius 2 is 1.61 bits per heavy atom. The first kappa shape index (κ1) is 24.8. The summed E-state index contributed by atoms with van der Waals surface area (Å²) in [7, 11) is -3.94. The molecule has 0 unspecified atom stereocenters. The van der Waals surface area contributed by atoms with Crippen molar-refractivity contribution in [3.63, 3.8) is 0 Å². The number of carbonyl (C=O) groups is 1. The lowest BCUT2D eigenvalue weighted by atomic mass is 10.1. The molecule has 3 aromatic carbocycles. The number of benzene rings is 3. The molecule has 0 aromatic heterocycles. The predicted molar refractivity (Wildman–Crippen MR) is 135 cm³/mol. The first-order chi connectivity index (χ1) is 15.7. The van der Waals surface area contributed by atoms with Gasteiger partial charge in [0.1, 0.15) is 0 Å². The minimum atomic E-state index is -3.94. The quantitative estimate of drug-likeness (QED) is 0.340. The summed E-state index contributed by atoms with van der Waals surface area (Å²) in [4.78, 5) is 12.9. The van der Waals surface area contributed by atoms with Gasteiger partial charge in [-0.05, 0) is 43.5 Å². The Bertz CT molecular complexity index is 1250. The highest BCUT2D eigenvalue weighted by atomic mass is 79.9. The predicted octanol–water partition coefficient (Wildman–Crippen LogP) is 4.72. The van der Waals surface area contributed by atoms with Crippen LogP contribution in [0.4, 0.5) is 0 Å². The van der Waals surface area contributed by atoms with Crippen LogP contribution in [0.5, 0.6) is 0 Å². The summed E-state index contributed by atoms with van der Waals surface area (Å²) in [5, 5.41) is 3.99.